The molecule has 0 spiro atoms. The molecule has 2 aromatic carbocycles. The van der Waals surface area contributed by atoms with Crippen molar-refractivity contribution in [3.05, 3.63) is 69.2 Å². The number of sulfone groups is 1. The smallest absolute Gasteiger partial charge is 0.150 e. The zero-order valence-electron chi connectivity index (χ0n) is 12.0. The lowest BCUT2D eigenvalue weighted by molar-refractivity contribution is 0.594. The summed E-state index contributed by atoms with van der Waals surface area (Å²) in [5.74, 6) is -1.20. The molecule has 0 saturated carbocycles. The van der Waals surface area contributed by atoms with Crippen LogP contribution in [0.1, 0.15) is 11.1 Å². The molecule has 0 atom stereocenters. The van der Waals surface area contributed by atoms with E-state index >= 15 is 0 Å². The van der Waals surface area contributed by atoms with Gasteiger partial charge >= 0.3 is 0 Å². The molecule has 0 aliphatic carbocycles. The van der Waals surface area contributed by atoms with Gasteiger partial charge in [-0.1, -0.05) is 35.3 Å². The Morgan fingerprint density at radius 3 is 1.52 bits per heavy atom. The van der Waals surface area contributed by atoms with E-state index in [4.69, 9.17) is 23.2 Å². The quantitative estimate of drug-likeness (QED) is 0.742. The fourth-order valence-corrected chi connectivity index (χ4v) is 3.74. The van der Waals surface area contributed by atoms with Crippen LogP contribution >= 0.6 is 23.2 Å². The van der Waals surface area contributed by atoms with E-state index in [-0.39, 0.29) is 34.4 Å². The lowest BCUT2D eigenvalue weighted by Crippen LogP contribution is -2.15. The number of halogens is 4. The van der Waals surface area contributed by atoms with Crippen LogP contribution < -0.4 is 0 Å². The molecule has 124 valence electrons. The molecular weight excluding hydrogens is 365 g/mol. The highest BCUT2D eigenvalue weighted by molar-refractivity contribution is 7.91. The van der Waals surface area contributed by atoms with Crippen LogP contribution in [0.25, 0.3) is 0 Å². The third kappa shape index (κ3) is 5.44. The van der Waals surface area contributed by atoms with E-state index in [0.29, 0.717) is 11.1 Å². The third-order valence-corrected chi connectivity index (χ3v) is 5.60. The first kappa shape index (κ1) is 18.2. The minimum Gasteiger partial charge on any atom is -0.229 e. The lowest BCUT2D eigenvalue weighted by Gasteiger charge is -2.06. The maximum absolute atomic E-state index is 13.1. The summed E-state index contributed by atoms with van der Waals surface area (Å²) in [4.78, 5) is 0. The second-order valence-corrected chi connectivity index (χ2v) is 8.27. The Morgan fingerprint density at radius 1 is 0.783 bits per heavy atom. The van der Waals surface area contributed by atoms with Crippen LogP contribution in [0.15, 0.2) is 36.4 Å². The van der Waals surface area contributed by atoms with E-state index in [9.17, 15) is 17.2 Å². The van der Waals surface area contributed by atoms with E-state index in [2.05, 4.69) is 0 Å². The van der Waals surface area contributed by atoms with Crippen molar-refractivity contribution in [3.8, 4) is 0 Å². The molecular formula is C16H14Cl2F2O2S. The van der Waals surface area contributed by atoms with E-state index < -0.39 is 21.5 Å². The molecule has 23 heavy (non-hydrogen) atoms. The van der Waals surface area contributed by atoms with Crippen LogP contribution in [0, 0.1) is 11.6 Å². The number of hydrogen-bond donors (Lipinski definition) is 0. The van der Waals surface area contributed by atoms with Gasteiger partial charge in [0, 0.05) is 0 Å². The third-order valence-electron chi connectivity index (χ3n) is 3.37. The highest BCUT2D eigenvalue weighted by Crippen LogP contribution is 2.18. The monoisotopic (exact) mass is 378 g/mol. The SMILES string of the molecule is O=S(=O)(CCc1ccc(F)c(Cl)c1)CCc1ccc(F)c(Cl)c1. The first-order valence-electron chi connectivity index (χ1n) is 6.85. The number of benzene rings is 2. The van der Waals surface area contributed by atoms with Gasteiger partial charge in [0.25, 0.3) is 0 Å². The second-order valence-electron chi connectivity index (χ2n) is 5.15. The molecule has 0 aromatic heterocycles. The zero-order valence-corrected chi connectivity index (χ0v) is 14.4. The van der Waals surface area contributed by atoms with Gasteiger partial charge in [-0.05, 0) is 48.2 Å². The van der Waals surface area contributed by atoms with Crippen molar-refractivity contribution in [2.45, 2.75) is 12.8 Å². The molecule has 0 unspecified atom stereocenters. The molecule has 0 bridgehead atoms. The van der Waals surface area contributed by atoms with Gasteiger partial charge in [-0.2, -0.15) is 0 Å². The predicted octanol–water partition coefficient (Wildman–Crippen LogP) is 4.47. The van der Waals surface area contributed by atoms with Gasteiger partial charge in [0.15, 0.2) is 9.84 Å². The molecule has 2 rings (SSSR count). The molecule has 7 heteroatoms. The summed E-state index contributed by atoms with van der Waals surface area (Å²) in [5.41, 5.74) is 1.31. The highest BCUT2D eigenvalue weighted by atomic mass is 35.5. The van der Waals surface area contributed by atoms with Crippen molar-refractivity contribution >= 4 is 33.0 Å². The second kappa shape index (κ2) is 7.60. The van der Waals surface area contributed by atoms with Gasteiger partial charge in [0.05, 0.1) is 21.6 Å². The van der Waals surface area contributed by atoms with Crippen LogP contribution in [0.3, 0.4) is 0 Å². The van der Waals surface area contributed by atoms with Crippen LogP contribution in [0.2, 0.25) is 10.0 Å². The Bertz CT molecular complexity index is 746. The summed E-state index contributed by atoms with van der Waals surface area (Å²) in [6.07, 6.45) is 0.513. The van der Waals surface area contributed by atoms with Crippen LogP contribution in [0.4, 0.5) is 8.78 Å². The number of hydrogen-bond acceptors (Lipinski definition) is 2. The summed E-state index contributed by atoms with van der Waals surface area (Å²) in [6.45, 7) is 0. The first-order chi connectivity index (χ1) is 10.8. The minimum atomic E-state index is -3.30. The standard InChI is InChI=1S/C16H14Cl2F2O2S/c17-13-9-11(1-3-15(13)19)5-7-23(21,22)8-6-12-2-4-16(20)14(18)10-12/h1-4,9-10H,5-8H2. The molecule has 0 amide bonds. The fraction of sp³-hybridized carbons (Fsp3) is 0.250. The summed E-state index contributed by atoms with van der Waals surface area (Å²) >= 11 is 11.3. The van der Waals surface area contributed by atoms with Gasteiger partial charge < -0.3 is 0 Å². The van der Waals surface area contributed by atoms with E-state index in [1.165, 1.54) is 36.4 Å². The molecule has 0 heterocycles. The Morgan fingerprint density at radius 2 is 1.17 bits per heavy atom. The topological polar surface area (TPSA) is 34.1 Å². The highest BCUT2D eigenvalue weighted by Gasteiger charge is 2.13. The first-order valence-corrected chi connectivity index (χ1v) is 9.43. The van der Waals surface area contributed by atoms with Crippen molar-refractivity contribution < 1.29 is 17.2 Å². The average Bonchev–Trinajstić information content (AvgIpc) is 2.50. The van der Waals surface area contributed by atoms with Crippen molar-refractivity contribution in [3.63, 3.8) is 0 Å². The van der Waals surface area contributed by atoms with E-state index in [0.717, 1.165) is 0 Å². The fourth-order valence-electron chi connectivity index (χ4n) is 2.04. The van der Waals surface area contributed by atoms with Crippen molar-refractivity contribution in [1.29, 1.82) is 0 Å². The van der Waals surface area contributed by atoms with Crippen molar-refractivity contribution in [2.75, 3.05) is 11.5 Å². The average molecular weight is 379 g/mol. The molecule has 0 N–H and O–H groups in total. The Kier molecular flexibility index (Phi) is 6.00. The molecule has 0 aliphatic rings. The normalized spacial score (nSPS) is 11.7. The van der Waals surface area contributed by atoms with E-state index in [1.54, 1.807) is 0 Å². The lowest BCUT2D eigenvalue weighted by atomic mass is 10.2. The van der Waals surface area contributed by atoms with Crippen molar-refractivity contribution in [1.82, 2.24) is 0 Å². The Hall–Kier alpha value is -1.17. The molecule has 0 radical (unpaired) electrons. The van der Waals surface area contributed by atoms with Crippen molar-refractivity contribution in [2.24, 2.45) is 0 Å². The number of aryl methyl sites for hydroxylation is 2. The van der Waals surface area contributed by atoms with Gasteiger partial charge in [-0.25, -0.2) is 17.2 Å². The minimum absolute atomic E-state index is 0.0270. The largest absolute Gasteiger partial charge is 0.229 e. The molecule has 0 saturated heterocycles. The van der Waals surface area contributed by atoms with E-state index in [1.807, 2.05) is 0 Å². The van der Waals surface area contributed by atoms with Crippen LogP contribution in [-0.2, 0) is 22.7 Å². The maximum Gasteiger partial charge on any atom is 0.150 e. The van der Waals surface area contributed by atoms with Gasteiger partial charge in [0.1, 0.15) is 11.6 Å². The molecule has 0 fully saturated rings. The molecule has 2 aromatic rings. The maximum atomic E-state index is 13.1. The van der Waals surface area contributed by atoms with Crippen LogP contribution in [0.5, 0.6) is 0 Å². The summed E-state index contributed by atoms with van der Waals surface area (Å²) in [6, 6.07) is 8.29. The Labute approximate surface area is 144 Å². The Balaban J connectivity index is 1.93. The van der Waals surface area contributed by atoms with Crippen LogP contribution in [-0.4, -0.2) is 19.9 Å². The summed E-state index contributed by atoms with van der Waals surface area (Å²) < 4.78 is 50.2. The van der Waals surface area contributed by atoms with Gasteiger partial charge in [-0.15, -0.1) is 0 Å². The predicted molar refractivity (Wildman–Crippen MR) is 88.9 cm³/mol. The van der Waals surface area contributed by atoms with Gasteiger partial charge in [0.2, 0.25) is 0 Å². The molecule has 2 nitrogen and oxygen atoms in total. The molecule has 0 aliphatic heterocycles. The zero-order chi connectivity index (χ0) is 17.0. The number of rotatable bonds is 6. The van der Waals surface area contributed by atoms with Gasteiger partial charge in [-0.3, -0.25) is 0 Å². The summed E-state index contributed by atoms with van der Waals surface area (Å²) in [7, 11) is -3.30. The summed E-state index contributed by atoms with van der Waals surface area (Å²) in [5, 5.41) is -0.0540.